The summed E-state index contributed by atoms with van der Waals surface area (Å²) in [6.07, 6.45) is 2.51. The molecule has 1 saturated carbocycles. The van der Waals surface area contributed by atoms with E-state index in [0.29, 0.717) is 5.82 Å². The van der Waals surface area contributed by atoms with Crippen LogP contribution in [-0.2, 0) is 5.54 Å². The Morgan fingerprint density at radius 3 is 2.75 bits per heavy atom. The minimum atomic E-state index is -0.783. The van der Waals surface area contributed by atoms with Crippen molar-refractivity contribution in [3.05, 3.63) is 40.0 Å². The first-order valence-corrected chi connectivity index (χ1v) is 6.07. The molecule has 0 spiro atoms. The molecule has 0 amide bonds. The van der Waals surface area contributed by atoms with E-state index >= 15 is 0 Å². The smallest absolute Gasteiger partial charge is 0.272 e. The van der Waals surface area contributed by atoms with Crippen LogP contribution in [0.5, 0.6) is 0 Å². The number of nitro benzene ring substituents is 1. The molecule has 0 bridgehead atoms. The van der Waals surface area contributed by atoms with E-state index in [0.717, 1.165) is 25.3 Å². The van der Waals surface area contributed by atoms with Gasteiger partial charge in [-0.05, 0) is 25.3 Å². The molecule has 1 aromatic heterocycles. The van der Waals surface area contributed by atoms with Crippen molar-refractivity contribution < 1.29 is 13.8 Å². The molecule has 1 aromatic carbocycles. The van der Waals surface area contributed by atoms with Crippen LogP contribution in [-0.4, -0.2) is 15.1 Å². The SMILES string of the molecule is NC1(c2noc(-c3ccc([N+](=O)[O-])cc3F)n2)CCC1. The van der Waals surface area contributed by atoms with E-state index in [1.807, 2.05) is 0 Å². The molecule has 0 radical (unpaired) electrons. The fourth-order valence-electron chi connectivity index (χ4n) is 2.11. The largest absolute Gasteiger partial charge is 0.334 e. The number of nitrogens with two attached hydrogens (primary N) is 1. The van der Waals surface area contributed by atoms with Gasteiger partial charge < -0.3 is 10.3 Å². The molecule has 1 aliphatic rings. The zero-order valence-corrected chi connectivity index (χ0v) is 10.4. The van der Waals surface area contributed by atoms with Gasteiger partial charge in [0.2, 0.25) is 0 Å². The van der Waals surface area contributed by atoms with Gasteiger partial charge in [-0.1, -0.05) is 5.16 Å². The average Bonchev–Trinajstić information content (AvgIpc) is 2.85. The van der Waals surface area contributed by atoms with Crippen LogP contribution in [0.2, 0.25) is 0 Å². The second kappa shape index (κ2) is 4.34. The lowest BCUT2D eigenvalue weighted by Gasteiger charge is -2.34. The van der Waals surface area contributed by atoms with Gasteiger partial charge in [-0.2, -0.15) is 4.98 Å². The number of nitro groups is 1. The lowest BCUT2D eigenvalue weighted by molar-refractivity contribution is -0.385. The third kappa shape index (κ3) is 1.94. The van der Waals surface area contributed by atoms with Gasteiger partial charge in [0.05, 0.1) is 22.1 Å². The number of nitrogens with zero attached hydrogens (tertiary/aromatic N) is 3. The van der Waals surface area contributed by atoms with Crippen molar-refractivity contribution in [3.8, 4) is 11.5 Å². The van der Waals surface area contributed by atoms with Crippen LogP contribution in [0.4, 0.5) is 10.1 Å². The van der Waals surface area contributed by atoms with E-state index in [1.54, 1.807) is 0 Å². The quantitative estimate of drug-likeness (QED) is 0.680. The second-order valence-electron chi connectivity index (χ2n) is 4.85. The van der Waals surface area contributed by atoms with Crippen LogP contribution in [0.1, 0.15) is 25.1 Å². The lowest BCUT2D eigenvalue weighted by atomic mass is 9.77. The maximum Gasteiger partial charge on any atom is 0.272 e. The maximum atomic E-state index is 13.8. The number of rotatable bonds is 3. The number of benzene rings is 1. The van der Waals surface area contributed by atoms with Crippen molar-refractivity contribution in [1.82, 2.24) is 10.1 Å². The van der Waals surface area contributed by atoms with Crippen LogP contribution in [0, 0.1) is 15.9 Å². The lowest BCUT2D eigenvalue weighted by Crippen LogP contribution is -2.44. The summed E-state index contributed by atoms with van der Waals surface area (Å²) in [7, 11) is 0. The minimum absolute atomic E-state index is 0.0240. The molecule has 3 rings (SSSR count). The molecule has 7 nitrogen and oxygen atoms in total. The van der Waals surface area contributed by atoms with Crippen LogP contribution < -0.4 is 5.73 Å². The average molecular weight is 278 g/mol. The van der Waals surface area contributed by atoms with E-state index < -0.39 is 16.3 Å². The molecule has 2 N–H and O–H groups in total. The number of halogens is 1. The minimum Gasteiger partial charge on any atom is -0.334 e. The van der Waals surface area contributed by atoms with Crippen LogP contribution >= 0.6 is 0 Å². The Kier molecular flexibility index (Phi) is 2.75. The summed E-state index contributed by atoms with van der Waals surface area (Å²) in [5.41, 5.74) is 5.14. The highest BCUT2D eigenvalue weighted by atomic mass is 19.1. The van der Waals surface area contributed by atoms with E-state index in [9.17, 15) is 14.5 Å². The van der Waals surface area contributed by atoms with Crippen molar-refractivity contribution in [1.29, 1.82) is 0 Å². The van der Waals surface area contributed by atoms with Gasteiger partial charge in [-0.3, -0.25) is 10.1 Å². The number of hydrogen-bond acceptors (Lipinski definition) is 6. The zero-order valence-electron chi connectivity index (χ0n) is 10.4. The predicted molar refractivity (Wildman–Crippen MR) is 66.1 cm³/mol. The molecule has 0 unspecified atom stereocenters. The van der Waals surface area contributed by atoms with Crippen LogP contribution in [0.25, 0.3) is 11.5 Å². The Hall–Kier alpha value is -2.35. The van der Waals surface area contributed by atoms with E-state index in [-0.39, 0.29) is 17.1 Å². The summed E-state index contributed by atoms with van der Waals surface area (Å²) < 4.78 is 18.8. The van der Waals surface area contributed by atoms with E-state index in [1.165, 1.54) is 12.1 Å². The molecule has 1 fully saturated rings. The highest BCUT2D eigenvalue weighted by molar-refractivity contribution is 5.56. The molecule has 8 heteroatoms. The van der Waals surface area contributed by atoms with E-state index in [2.05, 4.69) is 10.1 Å². The van der Waals surface area contributed by atoms with Crippen molar-refractivity contribution in [2.75, 3.05) is 0 Å². The van der Waals surface area contributed by atoms with Crippen molar-refractivity contribution in [2.45, 2.75) is 24.8 Å². The third-order valence-corrected chi connectivity index (χ3v) is 3.51. The molecule has 0 saturated heterocycles. The predicted octanol–water partition coefficient (Wildman–Crippen LogP) is 2.12. The van der Waals surface area contributed by atoms with Crippen molar-refractivity contribution in [2.24, 2.45) is 5.73 Å². The standard InChI is InChI=1S/C12H11FN4O3/c13-9-6-7(17(18)19)2-3-8(9)10-15-11(16-20-10)12(14)4-1-5-12/h2-3,6H,1,4-5,14H2. The highest BCUT2D eigenvalue weighted by Crippen LogP contribution is 2.38. The van der Waals surface area contributed by atoms with Gasteiger partial charge in [0.15, 0.2) is 5.82 Å². The Morgan fingerprint density at radius 1 is 1.45 bits per heavy atom. The van der Waals surface area contributed by atoms with Crippen molar-refractivity contribution >= 4 is 5.69 Å². The van der Waals surface area contributed by atoms with Gasteiger partial charge in [-0.25, -0.2) is 4.39 Å². The maximum absolute atomic E-state index is 13.8. The molecule has 0 aliphatic heterocycles. The van der Waals surface area contributed by atoms with E-state index in [4.69, 9.17) is 10.3 Å². The molecule has 20 heavy (non-hydrogen) atoms. The fraction of sp³-hybridized carbons (Fsp3) is 0.333. The topological polar surface area (TPSA) is 108 Å². The Labute approximate surface area is 112 Å². The fourth-order valence-corrected chi connectivity index (χ4v) is 2.11. The van der Waals surface area contributed by atoms with Gasteiger partial charge >= 0.3 is 0 Å². The van der Waals surface area contributed by atoms with Gasteiger partial charge in [-0.15, -0.1) is 0 Å². The molecule has 1 heterocycles. The van der Waals surface area contributed by atoms with Crippen molar-refractivity contribution in [3.63, 3.8) is 0 Å². The summed E-state index contributed by atoms with van der Waals surface area (Å²) in [6, 6.07) is 3.25. The molecular formula is C12H11FN4O3. The molecule has 104 valence electrons. The number of hydrogen-bond donors (Lipinski definition) is 1. The molecule has 1 aliphatic carbocycles. The van der Waals surface area contributed by atoms with Gasteiger partial charge in [0, 0.05) is 6.07 Å². The first kappa shape index (κ1) is 12.7. The summed E-state index contributed by atoms with van der Waals surface area (Å²) in [4.78, 5) is 14.0. The summed E-state index contributed by atoms with van der Waals surface area (Å²) in [5.74, 6) is -0.463. The van der Waals surface area contributed by atoms with Gasteiger partial charge in [0.25, 0.3) is 11.6 Å². The summed E-state index contributed by atoms with van der Waals surface area (Å²) >= 11 is 0. The Balaban J connectivity index is 1.95. The van der Waals surface area contributed by atoms with Crippen LogP contribution in [0.15, 0.2) is 22.7 Å². The first-order chi connectivity index (χ1) is 9.49. The summed E-state index contributed by atoms with van der Waals surface area (Å²) in [5, 5.41) is 14.3. The molecule has 2 aromatic rings. The molecule has 0 atom stereocenters. The summed E-state index contributed by atoms with van der Waals surface area (Å²) in [6.45, 7) is 0. The zero-order chi connectivity index (χ0) is 14.3. The number of aromatic nitrogens is 2. The molecular weight excluding hydrogens is 267 g/mol. The second-order valence-corrected chi connectivity index (χ2v) is 4.85. The van der Waals surface area contributed by atoms with Gasteiger partial charge in [0.1, 0.15) is 5.82 Å². The highest BCUT2D eigenvalue weighted by Gasteiger charge is 2.39. The first-order valence-electron chi connectivity index (χ1n) is 6.07. The van der Waals surface area contributed by atoms with Crippen LogP contribution in [0.3, 0.4) is 0 Å². The third-order valence-electron chi connectivity index (χ3n) is 3.51. The Bertz CT molecular complexity index is 681. The monoisotopic (exact) mass is 278 g/mol. The number of non-ortho nitro benzene ring substituents is 1. The normalized spacial score (nSPS) is 16.7. The Morgan fingerprint density at radius 2 is 2.20 bits per heavy atom.